The minimum Gasteiger partial charge on any atom is -0.309 e. The van der Waals surface area contributed by atoms with Gasteiger partial charge in [0.25, 0.3) is 0 Å². The van der Waals surface area contributed by atoms with Gasteiger partial charge in [-0.3, -0.25) is 19.1 Å². The molecule has 0 saturated carbocycles. The fourth-order valence-corrected chi connectivity index (χ4v) is 6.97. The molecule has 2 amide bonds. The van der Waals surface area contributed by atoms with E-state index in [9.17, 15) is 18.8 Å². The fourth-order valence-electron chi connectivity index (χ4n) is 6.66. The largest absolute Gasteiger partial charge is 0.309 e. The number of benzene rings is 1. The number of aromatic nitrogens is 5. The molecule has 2 aliphatic rings. The van der Waals surface area contributed by atoms with Gasteiger partial charge in [0.2, 0.25) is 11.8 Å². The van der Waals surface area contributed by atoms with Crippen molar-refractivity contribution in [3.05, 3.63) is 75.2 Å². The van der Waals surface area contributed by atoms with Crippen molar-refractivity contribution in [2.24, 2.45) is 5.41 Å². The van der Waals surface area contributed by atoms with Crippen LogP contribution in [0.4, 0.5) is 10.2 Å². The van der Waals surface area contributed by atoms with Gasteiger partial charge in [-0.05, 0) is 92.1 Å². The smallest absolute Gasteiger partial charge is 0.249 e. The number of halogens is 2. The van der Waals surface area contributed by atoms with Gasteiger partial charge in [0.15, 0.2) is 5.78 Å². The lowest BCUT2D eigenvalue weighted by atomic mass is 9.93. The SMILES string of the molecule is CC(=O)c1nn(CC(=O)N2C3=C(C)[C@@]3(CN(C)C)C[C@H]2C(=O)Nc2nc(Br)ccc2C)c2c(CF)cc(-c3cnc(C)nc3)cc12. The molecule has 46 heavy (non-hydrogen) atoms. The second-order valence-corrected chi connectivity index (χ2v) is 13.1. The summed E-state index contributed by atoms with van der Waals surface area (Å²) in [5.41, 5.74) is 4.30. The maximum absolute atomic E-state index is 14.6. The second-order valence-electron chi connectivity index (χ2n) is 12.3. The van der Waals surface area contributed by atoms with Gasteiger partial charge in [-0.1, -0.05) is 6.07 Å². The number of nitrogens with one attached hydrogen (secondary N) is 1. The van der Waals surface area contributed by atoms with Crippen LogP contribution < -0.4 is 5.32 Å². The predicted molar refractivity (Wildman–Crippen MR) is 175 cm³/mol. The molecule has 13 heteroatoms. The Kier molecular flexibility index (Phi) is 8.09. The average Bonchev–Trinajstić information content (AvgIpc) is 3.28. The molecule has 1 N–H and O–H groups in total. The summed E-state index contributed by atoms with van der Waals surface area (Å²) in [5.74, 6) is -0.0480. The van der Waals surface area contributed by atoms with Crippen LogP contribution in [0.1, 0.15) is 47.7 Å². The summed E-state index contributed by atoms with van der Waals surface area (Å²) in [5, 5.41) is 7.88. The Labute approximate surface area is 274 Å². The van der Waals surface area contributed by atoms with Crippen molar-refractivity contribution >= 4 is 50.2 Å². The number of alkyl halides is 1. The zero-order chi connectivity index (χ0) is 33.1. The van der Waals surface area contributed by atoms with E-state index in [2.05, 4.69) is 41.3 Å². The summed E-state index contributed by atoms with van der Waals surface area (Å²) in [6.07, 6.45) is 3.71. The maximum Gasteiger partial charge on any atom is 0.249 e. The number of hydrogen-bond donors (Lipinski definition) is 1. The summed E-state index contributed by atoms with van der Waals surface area (Å²) < 4.78 is 16.6. The third kappa shape index (κ3) is 5.41. The fraction of sp³-hybridized carbons (Fsp3) is 0.364. The highest BCUT2D eigenvalue weighted by atomic mass is 79.9. The Balaban J connectivity index is 1.38. The van der Waals surface area contributed by atoms with Crippen LogP contribution >= 0.6 is 15.9 Å². The van der Waals surface area contributed by atoms with Crippen LogP contribution in [0, 0.1) is 19.3 Å². The molecule has 0 unspecified atom stereocenters. The first-order valence-electron chi connectivity index (χ1n) is 14.9. The van der Waals surface area contributed by atoms with Crippen LogP contribution in [0.3, 0.4) is 0 Å². The van der Waals surface area contributed by atoms with Gasteiger partial charge in [0.05, 0.1) is 5.52 Å². The van der Waals surface area contributed by atoms with Crippen LogP contribution in [0.5, 0.6) is 0 Å². The van der Waals surface area contributed by atoms with Gasteiger partial charge in [-0.25, -0.2) is 19.3 Å². The molecule has 0 radical (unpaired) electrons. The van der Waals surface area contributed by atoms with Crippen LogP contribution in [-0.4, -0.2) is 78.8 Å². The Morgan fingerprint density at radius 3 is 2.48 bits per heavy atom. The van der Waals surface area contributed by atoms with Crippen molar-refractivity contribution in [1.29, 1.82) is 0 Å². The third-order valence-electron chi connectivity index (χ3n) is 8.82. The molecule has 0 bridgehead atoms. The highest BCUT2D eigenvalue weighted by Crippen LogP contribution is 2.63. The number of carbonyl (C=O) groups is 3. The van der Waals surface area contributed by atoms with Crippen molar-refractivity contribution in [2.45, 2.75) is 53.4 Å². The zero-order valence-corrected chi connectivity index (χ0v) is 28.1. The first-order valence-corrected chi connectivity index (χ1v) is 15.7. The molecule has 4 heterocycles. The molecule has 3 aromatic heterocycles. The van der Waals surface area contributed by atoms with Gasteiger partial charge >= 0.3 is 0 Å². The van der Waals surface area contributed by atoms with E-state index in [1.165, 1.54) is 11.6 Å². The Hall–Kier alpha value is -4.36. The highest BCUT2D eigenvalue weighted by Gasteiger charge is 2.64. The standard InChI is InChI=1S/C33H34BrFN8O3/c1-17-7-8-26(34)38-31(17)39-32(46)25-11-33(16-41(5)6)18(2)30(33)43(25)27(45)15-42-29-22(12-35)9-21(23-13-36-20(4)37-14-23)10-24(29)28(40-42)19(3)44/h7-10,13-14,25H,11-12,15-16H2,1-6H3,(H,38,39,46)/t25-,33-/m0/s1. The van der Waals surface area contributed by atoms with E-state index in [1.807, 2.05) is 38.9 Å². The lowest BCUT2D eigenvalue weighted by Crippen LogP contribution is -2.44. The second kappa shape index (κ2) is 11.8. The molecule has 1 aliphatic heterocycles. The molecule has 6 rings (SSSR count). The lowest BCUT2D eigenvalue weighted by Gasteiger charge is -2.25. The first kappa shape index (κ1) is 31.6. The summed E-state index contributed by atoms with van der Waals surface area (Å²) in [6, 6.07) is 6.25. The molecule has 238 valence electrons. The molecule has 1 aliphatic carbocycles. The lowest BCUT2D eigenvalue weighted by molar-refractivity contribution is -0.135. The van der Waals surface area contributed by atoms with Crippen molar-refractivity contribution < 1.29 is 18.8 Å². The number of pyridine rings is 1. The van der Waals surface area contributed by atoms with Crippen molar-refractivity contribution in [3.63, 3.8) is 0 Å². The number of nitrogens with zero attached hydrogens (tertiary/aromatic N) is 7. The van der Waals surface area contributed by atoms with E-state index in [1.54, 1.807) is 42.4 Å². The number of Topliss-reactive ketones (excluding diaryl/α,β-unsaturated/α-hetero) is 1. The normalized spacial score (nSPS) is 18.8. The number of amides is 2. The number of likely N-dealkylation sites (tertiary alicyclic amines) is 1. The van der Waals surface area contributed by atoms with Crippen molar-refractivity contribution in [3.8, 4) is 11.1 Å². The van der Waals surface area contributed by atoms with Crippen LogP contribution in [0.25, 0.3) is 22.0 Å². The van der Waals surface area contributed by atoms with E-state index in [0.717, 1.165) is 16.8 Å². The number of carbonyl (C=O) groups excluding carboxylic acids is 3. The minimum absolute atomic E-state index is 0.128. The number of ketones is 1. The summed E-state index contributed by atoms with van der Waals surface area (Å²) in [4.78, 5) is 57.4. The number of anilines is 1. The van der Waals surface area contributed by atoms with Crippen LogP contribution in [-0.2, 0) is 22.8 Å². The van der Waals surface area contributed by atoms with E-state index in [-0.39, 0.29) is 35.4 Å². The van der Waals surface area contributed by atoms with Crippen molar-refractivity contribution in [1.82, 2.24) is 34.5 Å². The number of hydrogen-bond acceptors (Lipinski definition) is 8. The predicted octanol–water partition coefficient (Wildman–Crippen LogP) is 5.01. The average molecular weight is 690 g/mol. The summed E-state index contributed by atoms with van der Waals surface area (Å²) in [7, 11) is 3.92. The Morgan fingerprint density at radius 2 is 1.83 bits per heavy atom. The Bertz CT molecular complexity index is 1950. The summed E-state index contributed by atoms with van der Waals surface area (Å²) >= 11 is 3.36. The minimum atomic E-state index is -0.849. The van der Waals surface area contributed by atoms with E-state index in [0.29, 0.717) is 51.2 Å². The first-order chi connectivity index (χ1) is 21.8. The molecule has 0 spiro atoms. The number of rotatable bonds is 9. The van der Waals surface area contributed by atoms with E-state index in [4.69, 9.17) is 0 Å². The van der Waals surface area contributed by atoms with Crippen LogP contribution in [0.15, 0.2) is 52.5 Å². The molecule has 11 nitrogen and oxygen atoms in total. The molecule has 4 aromatic rings. The van der Waals surface area contributed by atoms with Gasteiger partial charge in [0, 0.05) is 53.5 Å². The zero-order valence-electron chi connectivity index (χ0n) is 26.5. The maximum atomic E-state index is 14.6. The Morgan fingerprint density at radius 1 is 1.11 bits per heavy atom. The monoisotopic (exact) mass is 688 g/mol. The molecule has 1 aromatic carbocycles. The quantitative estimate of drug-likeness (QED) is 0.192. The van der Waals surface area contributed by atoms with Crippen LogP contribution in [0.2, 0.25) is 0 Å². The molecule has 1 saturated heterocycles. The van der Waals surface area contributed by atoms with Gasteiger partial charge in [-0.2, -0.15) is 5.10 Å². The van der Waals surface area contributed by atoms with Gasteiger partial charge in [-0.15, -0.1) is 0 Å². The molecular weight excluding hydrogens is 655 g/mol. The van der Waals surface area contributed by atoms with Gasteiger partial charge < -0.3 is 15.1 Å². The summed E-state index contributed by atoms with van der Waals surface area (Å²) in [6.45, 7) is 6.49. The molecule has 1 fully saturated rings. The van der Waals surface area contributed by atoms with E-state index >= 15 is 0 Å². The van der Waals surface area contributed by atoms with Crippen molar-refractivity contribution in [2.75, 3.05) is 26.0 Å². The number of fused-ring (bicyclic) bond motifs is 2. The van der Waals surface area contributed by atoms with E-state index < -0.39 is 18.1 Å². The number of aryl methyl sites for hydroxylation is 2. The van der Waals surface area contributed by atoms with Gasteiger partial charge in [0.1, 0.15) is 41.2 Å². The molecule has 2 atom stereocenters. The topological polar surface area (TPSA) is 126 Å². The molecular formula is C33H34BrFN8O3. The third-order valence-corrected chi connectivity index (χ3v) is 9.26. The highest BCUT2D eigenvalue weighted by molar-refractivity contribution is 9.10.